The Kier molecular flexibility index (Phi) is 4.26. The van der Waals surface area contributed by atoms with E-state index in [-0.39, 0.29) is 16.7 Å². The Hall–Kier alpha value is -2.80. The molecule has 2 aromatic rings. The van der Waals surface area contributed by atoms with Gasteiger partial charge in [0.05, 0.1) is 4.92 Å². The Morgan fingerprint density at radius 2 is 2.08 bits per heavy atom. The van der Waals surface area contributed by atoms with E-state index >= 15 is 0 Å². The number of hydrogen-bond donors (Lipinski definition) is 0. The molecule has 1 aliphatic rings. The molecule has 1 aliphatic heterocycles. The molecule has 0 saturated heterocycles. The molecular weight excluding hydrogens is 328 g/mol. The summed E-state index contributed by atoms with van der Waals surface area (Å²) in [6, 6.07) is 8.38. The normalized spacial score (nSPS) is 13.3. The summed E-state index contributed by atoms with van der Waals surface area (Å²) >= 11 is 1.02. The predicted octanol–water partition coefficient (Wildman–Crippen LogP) is 3.46. The second-order valence-corrected chi connectivity index (χ2v) is 6.50. The molecule has 0 N–H and O–H groups in total. The molecule has 0 unspecified atom stereocenters. The van der Waals surface area contributed by atoms with Crippen molar-refractivity contribution < 1.29 is 14.5 Å². The molecule has 0 fully saturated rings. The number of benzene rings is 1. The number of rotatable bonds is 4. The minimum atomic E-state index is -0.451. The van der Waals surface area contributed by atoms with Crippen molar-refractivity contribution in [1.82, 2.24) is 0 Å². The summed E-state index contributed by atoms with van der Waals surface area (Å²) in [5, 5.41) is 10.7. The van der Waals surface area contributed by atoms with Gasteiger partial charge >= 0.3 is 5.00 Å². The summed E-state index contributed by atoms with van der Waals surface area (Å²) in [5.74, 6) is -0.179. The molecule has 0 radical (unpaired) electrons. The van der Waals surface area contributed by atoms with Gasteiger partial charge in [0.15, 0.2) is 5.78 Å². The van der Waals surface area contributed by atoms with Crippen molar-refractivity contribution in [2.24, 2.45) is 0 Å². The van der Waals surface area contributed by atoms with Crippen molar-refractivity contribution in [2.45, 2.75) is 13.3 Å². The van der Waals surface area contributed by atoms with E-state index in [2.05, 4.69) is 0 Å². The Bertz CT molecular complexity index is 869. The van der Waals surface area contributed by atoms with Crippen LogP contribution in [0.3, 0.4) is 0 Å². The second kappa shape index (κ2) is 6.37. The lowest BCUT2D eigenvalue weighted by Gasteiger charge is -2.15. The lowest BCUT2D eigenvalue weighted by Crippen LogP contribution is -2.26. The average Bonchev–Trinajstić information content (AvgIpc) is 3.18. The van der Waals surface area contributed by atoms with Crippen LogP contribution in [0.15, 0.2) is 36.4 Å². The number of thiophene rings is 1. The van der Waals surface area contributed by atoms with Gasteiger partial charge < -0.3 is 4.90 Å². The minimum Gasteiger partial charge on any atom is -0.308 e. The first-order valence-electron chi connectivity index (χ1n) is 7.33. The predicted molar refractivity (Wildman–Crippen MR) is 92.5 cm³/mol. The third-order valence-corrected chi connectivity index (χ3v) is 4.83. The molecular formula is C17H14N2O4S. The van der Waals surface area contributed by atoms with Gasteiger partial charge in [-0.3, -0.25) is 19.7 Å². The molecule has 24 heavy (non-hydrogen) atoms. The average molecular weight is 342 g/mol. The SMILES string of the molecule is CC(=O)c1ccc2c(c1)CCN2C(=O)/C=C/c1ccc([N+](=O)[O-])s1. The number of hydrogen-bond acceptors (Lipinski definition) is 5. The molecule has 3 rings (SSSR count). The number of ketones is 1. The number of nitrogens with zero attached hydrogens (tertiary/aromatic N) is 2. The van der Waals surface area contributed by atoms with Crippen LogP contribution in [0.4, 0.5) is 10.7 Å². The molecule has 0 spiro atoms. The van der Waals surface area contributed by atoms with Crippen molar-refractivity contribution in [1.29, 1.82) is 0 Å². The molecule has 0 aliphatic carbocycles. The number of Topliss-reactive ketones (excluding diaryl/α,β-unsaturated/α-hetero) is 1. The maximum atomic E-state index is 12.4. The zero-order valence-electron chi connectivity index (χ0n) is 12.9. The first-order valence-corrected chi connectivity index (χ1v) is 8.15. The topological polar surface area (TPSA) is 80.5 Å². The number of carbonyl (C=O) groups excluding carboxylic acids is 2. The molecule has 1 aromatic heterocycles. The molecule has 1 amide bonds. The Balaban J connectivity index is 1.76. The van der Waals surface area contributed by atoms with E-state index in [0.29, 0.717) is 23.4 Å². The van der Waals surface area contributed by atoms with Crippen LogP contribution in [0.2, 0.25) is 0 Å². The van der Waals surface area contributed by atoms with Crippen molar-refractivity contribution >= 4 is 39.8 Å². The highest BCUT2D eigenvalue weighted by molar-refractivity contribution is 7.16. The van der Waals surface area contributed by atoms with Crippen molar-refractivity contribution in [3.63, 3.8) is 0 Å². The third kappa shape index (κ3) is 3.11. The van der Waals surface area contributed by atoms with Gasteiger partial charge in [0, 0.05) is 34.8 Å². The molecule has 2 heterocycles. The minimum absolute atomic E-state index is 0.00163. The number of amides is 1. The summed E-state index contributed by atoms with van der Waals surface area (Å²) < 4.78 is 0. The number of fused-ring (bicyclic) bond motifs is 1. The van der Waals surface area contributed by atoms with Gasteiger partial charge in [0.2, 0.25) is 0 Å². The van der Waals surface area contributed by atoms with Crippen LogP contribution in [0, 0.1) is 10.1 Å². The summed E-state index contributed by atoms with van der Waals surface area (Å²) in [6.07, 6.45) is 3.71. The smallest absolute Gasteiger partial charge is 0.308 e. The van der Waals surface area contributed by atoms with E-state index in [9.17, 15) is 19.7 Å². The van der Waals surface area contributed by atoms with Gasteiger partial charge in [-0.15, -0.1) is 0 Å². The summed E-state index contributed by atoms with van der Waals surface area (Å²) in [5.41, 5.74) is 2.44. The van der Waals surface area contributed by atoms with E-state index < -0.39 is 4.92 Å². The third-order valence-electron chi connectivity index (χ3n) is 3.83. The quantitative estimate of drug-likeness (QED) is 0.369. The summed E-state index contributed by atoms with van der Waals surface area (Å²) in [4.78, 5) is 36.3. The van der Waals surface area contributed by atoms with Crippen LogP contribution in [0.5, 0.6) is 0 Å². The maximum Gasteiger partial charge on any atom is 0.324 e. The van der Waals surface area contributed by atoms with Gasteiger partial charge in [-0.25, -0.2) is 0 Å². The monoisotopic (exact) mass is 342 g/mol. The van der Waals surface area contributed by atoms with Crippen LogP contribution < -0.4 is 4.90 Å². The molecule has 122 valence electrons. The molecule has 0 atom stereocenters. The molecule has 0 saturated carbocycles. The van der Waals surface area contributed by atoms with E-state index in [0.717, 1.165) is 22.6 Å². The second-order valence-electron chi connectivity index (χ2n) is 5.41. The first kappa shape index (κ1) is 16.1. The van der Waals surface area contributed by atoms with Crippen molar-refractivity contribution in [3.8, 4) is 0 Å². The summed E-state index contributed by atoms with van der Waals surface area (Å²) in [7, 11) is 0. The lowest BCUT2D eigenvalue weighted by atomic mass is 10.1. The zero-order chi connectivity index (χ0) is 17.3. The fourth-order valence-corrected chi connectivity index (χ4v) is 3.35. The highest BCUT2D eigenvalue weighted by atomic mass is 32.1. The Morgan fingerprint density at radius 3 is 2.75 bits per heavy atom. The summed E-state index contributed by atoms with van der Waals surface area (Å²) in [6.45, 7) is 2.08. The fourth-order valence-electron chi connectivity index (χ4n) is 2.62. The van der Waals surface area contributed by atoms with Gasteiger partial charge in [-0.1, -0.05) is 11.3 Å². The fraction of sp³-hybridized carbons (Fsp3) is 0.176. The molecule has 0 bridgehead atoms. The highest BCUT2D eigenvalue weighted by Gasteiger charge is 2.23. The van der Waals surface area contributed by atoms with E-state index in [1.165, 1.54) is 19.1 Å². The molecule has 7 heteroatoms. The van der Waals surface area contributed by atoms with Gasteiger partial charge in [-0.05, 0) is 49.2 Å². The van der Waals surface area contributed by atoms with E-state index in [4.69, 9.17) is 0 Å². The largest absolute Gasteiger partial charge is 0.324 e. The first-order chi connectivity index (χ1) is 11.5. The lowest BCUT2D eigenvalue weighted by molar-refractivity contribution is -0.380. The van der Waals surface area contributed by atoms with Gasteiger partial charge in [-0.2, -0.15) is 0 Å². The van der Waals surface area contributed by atoms with E-state index in [1.807, 2.05) is 6.07 Å². The van der Waals surface area contributed by atoms with Gasteiger partial charge in [0.1, 0.15) is 0 Å². The van der Waals surface area contributed by atoms with Crippen LogP contribution in [0.1, 0.15) is 27.7 Å². The Labute approximate surface area is 142 Å². The van der Waals surface area contributed by atoms with Crippen molar-refractivity contribution in [3.05, 3.63) is 62.5 Å². The van der Waals surface area contributed by atoms with Crippen LogP contribution >= 0.6 is 11.3 Å². The molecule has 6 nitrogen and oxygen atoms in total. The van der Waals surface area contributed by atoms with Crippen LogP contribution in [0.25, 0.3) is 6.08 Å². The number of carbonyl (C=O) groups is 2. The van der Waals surface area contributed by atoms with Gasteiger partial charge in [0.25, 0.3) is 5.91 Å². The van der Waals surface area contributed by atoms with Crippen molar-refractivity contribution in [2.75, 3.05) is 11.4 Å². The van der Waals surface area contributed by atoms with Crippen LogP contribution in [-0.4, -0.2) is 23.2 Å². The van der Waals surface area contributed by atoms with E-state index in [1.54, 1.807) is 29.2 Å². The Morgan fingerprint density at radius 1 is 1.29 bits per heavy atom. The number of anilines is 1. The zero-order valence-corrected chi connectivity index (χ0v) is 13.7. The molecule has 1 aromatic carbocycles. The standard InChI is InChI=1S/C17H14N2O4S/c1-11(20)12-2-5-15-13(10-12)8-9-18(15)16(21)6-3-14-4-7-17(24-14)19(22)23/h2-7,10H,8-9H2,1H3/b6-3+. The maximum absolute atomic E-state index is 12.4. The highest BCUT2D eigenvalue weighted by Crippen LogP contribution is 2.30. The van der Waals surface area contributed by atoms with Crippen LogP contribution in [-0.2, 0) is 11.2 Å². The number of nitro groups is 1.